The quantitative estimate of drug-likeness (QED) is 0.910. The lowest BCUT2D eigenvalue weighted by atomic mass is 10.1. The fourth-order valence-electron chi connectivity index (χ4n) is 1.93. The van der Waals surface area contributed by atoms with E-state index < -0.39 is 0 Å². The lowest BCUT2D eigenvalue weighted by molar-refractivity contribution is 0.423. The number of nitrogens with one attached hydrogen (secondary N) is 1. The van der Waals surface area contributed by atoms with E-state index in [1.165, 1.54) is 25.0 Å². The first-order valence-electron chi connectivity index (χ1n) is 6.72. The highest BCUT2D eigenvalue weighted by Crippen LogP contribution is 2.36. The summed E-state index contributed by atoms with van der Waals surface area (Å²) in [7, 11) is 0. The molecule has 2 rings (SSSR count). The van der Waals surface area contributed by atoms with Crippen molar-refractivity contribution >= 4 is 11.8 Å². The van der Waals surface area contributed by atoms with Crippen molar-refractivity contribution < 1.29 is 0 Å². The Bertz CT molecular complexity index is 364. The van der Waals surface area contributed by atoms with E-state index in [2.05, 4.69) is 36.1 Å². The van der Waals surface area contributed by atoms with Gasteiger partial charge in [0.2, 0.25) is 0 Å². The second-order valence-corrected chi connectivity index (χ2v) is 7.22. The van der Waals surface area contributed by atoms with Gasteiger partial charge in [-0.15, -0.1) is 0 Å². The van der Waals surface area contributed by atoms with Crippen molar-refractivity contribution in [2.75, 3.05) is 5.75 Å². The van der Waals surface area contributed by atoms with Crippen molar-refractivity contribution in [3.05, 3.63) is 23.8 Å². The van der Waals surface area contributed by atoms with Crippen LogP contribution < -0.4 is 5.32 Å². The molecule has 1 aliphatic rings. The van der Waals surface area contributed by atoms with Crippen LogP contribution in [0.2, 0.25) is 0 Å². The summed E-state index contributed by atoms with van der Waals surface area (Å²) in [5.41, 5.74) is 1.30. The molecule has 0 bridgehead atoms. The van der Waals surface area contributed by atoms with Gasteiger partial charge in [-0.05, 0) is 39.4 Å². The fraction of sp³-hybridized carbons (Fsp3) is 0.714. The maximum atomic E-state index is 4.53. The summed E-state index contributed by atoms with van der Waals surface area (Å²) < 4.78 is 0. The lowest BCUT2D eigenvalue weighted by Gasteiger charge is -2.21. The molecule has 1 atom stereocenters. The molecule has 0 amide bonds. The van der Waals surface area contributed by atoms with Crippen molar-refractivity contribution in [2.45, 2.75) is 57.4 Å². The minimum Gasteiger partial charge on any atom is -0.308 e. The number of hydrogen-bond acceptors (Lipinski definition) is 4. The van der Waals surface area contributed by atoms with Crippen LogP contribution in [-0.4, -0.2) is 21.3 Å². The molecule has 0 aliphatic carbocycles. The van der Waals surface area contributed by atoms with Crippen LogP contribution in [0.15, 0.2) is 12.4 Å². The molecular formula is C14H23N3S. The molecule has 3 nitrogen and oxygen atoms in total. The standard InChI is InChI=1S/C14H23N3S/c1-14(2,3)17-10-11-8-15-13(16-9-11)12-6-4-5-7-18-12/h8-9,12,17H,4-7,10H2,1-3H3. The number of aromatic nitrogens is 2. The van der Waals surface area contributed by atoms with Gasteiger partial charge in [-0.25, -0.2) is 9.97 Å². The van der Waals surface area contributed by atoms with Crippen LogP contribution in [0, 0.1) is 0 Å². The van der Waals surface area contributed by atoms with E-state index in [1.54, 1.807) is 0 Å². The second kappa shape index (κ2) is 6.02. The molecule has 100 valence electrons. The molecule has 18 heavy (non-hydrogen) atoms. The van der Waals surface area contributed by atoms with Gasteiger partial charge in [0.15, 0.2) is 0 Å². The third kappa shape index (κ3) is 4.25. The maximum Gasteiger partial charge on any atom is 0.141 e. The van der Waals surface area contributed by atoms with Gasteiger partial charge in [0.05, 0.1) is 5.25 Å². The Hall–Kier alpha value is -0.610. The Morgan fingerprint density at radius 2 is 2.00 bits per heavy atom. The Kier molecular flexibility index (Phi) is 4.62. The third-order valence-electron chi connectivity index (χ3n) is 3.02. The number of hydrogen-bond donors (Lipinski definition) is 1. The van der Waals surface area contributed by atoms with Gasteiger partial charge in [0.25, 0.3) is 0 Å². The van der Waals surface area contributed by atoms with E-state index in [0.29, 0.717) is 5.25 Å². The predicted octanol–water partition coefficient (Wildman–Crippen LogP) is 3.32. The van der Waals surface area contributed by atoms with Crippen LogP contribution in [0.4, 0.5) is 0 Å². The molecule has 1 unspecified atom stereocenters. The largest absolute Gasteiger partial charge is 0.308 e. The van der Waals surface area contributed by atoms with Crippen molar-refractivity contribution in [1.29, 1.82) is 0 Å². The van der Waals surface area contributed by atoms with Gasteiger partial charge in [-0.1, -0.05) is 6.42 Å². The smallest absolute Gasteiger partial charge is 0.141 e. The van der Waals surface area contributed by atoms with E-state index in [4.69, 9.17) is 0 Å². The van der Waals surface area contributed by atoms with Gasteiger partial charge in [0, 0.05) is 30.0 Å². The number of thioether (sulfide) groups is 1. The summed E-state index contributed by atoms with van der Waals surface area (Å²) in [5, 5.41) is 3.97. The average molecular weight is 265 g/mol. The van der Waals surface area contributed by atoms with Crippen LogP contribution in [-0.2, 0) is 6.54 Å². The normalized spacial score (nSPS) is 20.9. The van der Waals surface area contributed by atoms with Crippen LogP contribution in [0.3, 0.4) is 0 Å². The second-order valence-electron chi connectivity index (χ2n) is 5.91. The number of rotatable bonds is 3. The van der Waals surface area contributed by atoms with Crippen molar-refractivity contribution in [3.8, 4) is 0 Å². The topological polar surface area (TPSA) is 37.8 Å². The first-order valence-corrected chi connectivity index (χ1v) is 7.77. The zero-order valence-electron chi connectivity index (χ0n) is 11.6. The van der Waals surface area contributed by atoms with Gasteiger partial charge >= 0.3 is 0 Å². The monoisotopic (exact) mass is 265 g/mol. The summed E-state index contributed by atoms with van der Waals surface area (Å²) >= 11 is 2.00. The maximum absolute atomic E-state index is 4.53. The minimum atomic E-state index is 0.137. The molecule has 0 aromatic carbocycles. The first kappa shape index (κ1) is 13.8. The van der Waals surface area contributed by atoms with Crippen molar-refractivity contribution in [2.24, 2.45) is 0 Å². The molecule has 0 spiro atoms. The zero-order chi connectivity index (χ0) is 13.0. The summed E-state index contributed by atoms with van der Waals surface area (Å²) in [5.74, 6) is 2.26. The van der Waals surface area contributed by atoms with Gasteiger partial charge < -0.3 is 5.32 Å². The Labute approximate surface area is 114 Å². The molecule has 1 aliphatic heterocycles. The summed E-state index contributed by atoms with van der Waals surface area (Å²) in [6.45, 7) is 7.34. The van der Waals surface area contributed by atoms with E-state index >= 15 is 0 Å². The molecular weight excluding hydrogens is 242 g/mol. The van der Waals surface area contributed by atoms with E-state index in [-0.39, 0.29) is 5.54 Å². The highest BCUT2D eigenvalue weighted by molar-refractivity contribution is 7.99. The molecule has 0 saturated carbocycles. The Balaban J connectivity index is 1.92. The van der Waals surface area contributed by atoms with Gasteiger partial charge in [-0.2, -0.15) is 11.8 Å². The van der Waals surface area contributed by atoms with Crippen molar-refractivity contribution in [1.82, 2.24) is 15.3 Å². The summed E-state index contributed by atoms with van der Waals surface area (Å²) in [4.78, 5) is 9.06. The third-order valence-corrected chi connectivity index (χ3v) is 4.39. The Morgan fingerprint density at radius 1 is 1.28 bits per heavy atom. The molecule has 1 fully saturated rings. The molecule has 1 aromatic rings. The lowest BCUT2D eigenvalue weighted by Crippen LogP contribution is -2.35. The molecule has 2 heterocycles. The van der Waals surface area contributed by atoms with Crippen LogP contribution in [0.5, 0.6) is 0 Å². The fourth-order valence-corrected chi connectivity index (χ4v) is 3.19. The summed E-state index contributed by atoms with van der Waals surface area (Å²) in [6, 6.07) is 0. The van der Waals surface area contributed by atoms with Crippen LogP contribution in [0.25, 0.3) is 0 Å². The predicted molar refractivity (Wildman–Crippen MR) is 77.7 cm³/mol. The molecule has 1 saturated heterocycles. The SMILES string of the molecule is CC(C)(C)NCc1cnc(C2CCCCS2)nc1. The molecule has 1 aromatic heterocycles. The summed E-state index contributed by atoms with van der Waals surface area (Å²) in [6.07, 6.45) is 7.82. The highest BCUT2D eigenvalue weighted by atomic mass is 32.2. The zero-order valence-corrected chi connectivity index (χ0v) is 12.4. The Morgan fingerprint density at radius 3 is 2.56 bits per heavy atom. The van der Waals surface area contributed by atoms with Crippen LogP contribution >= 0.6 is 11.8 Å². The first-order chi connectivity index (χ1) is 8.54. The number of nitrogens with zero attached hydrogens (tertiary/aromatic N) is 2. The molecule has 4 heteroatoms. The van der Waals surface area contributed by atoms with E-state index in [9.17, 15) is 0 Å². The van der Waals surface area contributed by atoms with E-state index in [0.717, 1.165) is 17.9 Å². The van der Waals surface area contributed by atoms with Crippen molar-refractivity contribution in [3.63, 3.8) is 0 Å². The average Bonchev–Trinajstić information content (AvgIpc) is 2.37. The minimum absolute atomic E-state index is 0.137. The van der Waals surface area contributed by atoms with Gasteiger partial charge in [-0.3, -0.25) is 0 Å². The molecule has 1 N–H and O–H groups in total. The van der Waals surface area contributed by atoms with E-state index in [1.807, 2.05) is 24.2 Å². The highest BCUT2D eigenvalue weighted by Gasteiger charge is 2.18. The van der Waals surface area contributed by atoms with Gasteiger partial charge in [0.1, 0.15) is 5.82 Å². The molecule has 0 radical (unpaired) electrons. The van der Waals surface area contributed by atoms with Crippen LogP contribution in [0.1, 0.15) is 56.7 Å².